The van der Waals surface area contributed by atoms with E-state index in [9.17, 15) is 4.79 Å². The van der Waals surface area contributed by atoms with Crippen molar-refractivity contribution in [2.45, 2.75) is 64.1 Å². The van der Waals surface area contributed by atoms with Crippen LogP contribution in [0.15, 0.2) is 11.8 Å². The summed E-state index contributed by atoms with van der Waals surface area (Å²) < 4.78 is 10.6. The van der Waals surface area contributed by atoms with Crippen LogP contribution in [-0.4, -0.2) is 35.8 Å². The number of piperidine rings is 1. The van der Waals surface area contributed by atoms with Crippen molar-refractivity contribution in [2.24, 2.45) is 0 Å². The van der Waals surface area contributed by atoms with Crippen molar-refractivity contribution in [1.82, 2.24) is 4.90 Å². The van der Waals surface area contributed by atoms with Crippen LogP contribution < -0.4 is 0 Å². The quantitative estimate of drug-likeness (QED) is 0.674. The van der Waals surface area contributed by atoms with Gasteiger partial charge in [-0.1, -0.05) is 0 Å². The minimum Gasteiger partial charge on any atom is -0.504 e. The summed E-state index contributed by atoms with van der Waals surface area (Å²) in [6.45, 7) is 5.73. The van der Waals surface area contributed by atoms with Crippen LogP contribution in [0.2, 0.25) is 0 Å². The van der Waals surface area contributed by atoms with Crippen molar-refractivity contribution in [3.63, 3.8) is 0 Å². The third kappa shape index (κ3) is 2.79. The van der Waals surface area contributed by atoms with Gasteiger partial charge in [-0.2, -0.15) is 0 Å². The zero-order valence-electron chi connectivity index (χ0n) is 11.7. The van der Waals surface area contributed by atoms with Gasteiger partial charge in [0.2, 0.25) is 0 Å². The molecule has 18 heavy (non-hydrogen) atoms. The molecule has 0 saturated carbocycles. The molecule has 4 heteroatoms. The Hall–Kier alpha value is -1.19. The standard InChI is InChI=1S/C14H23NO3/c1-14(2,3)18-13(16)15-11-5-6-12(15)8-10(7-11)9-17-4/h9,11-12H,5-8H2,1-4H3/b10-9-/t11-,12+/m1/s1. The number of hydrogen-bond donors (Lipinski definition) is 0. The lowest BCUT2D eigenvalue weighted by Gasteiger charge is -2.36. The normalized spacial score (nSPS) is 29.6. The monoisotopic (exact) mass is 253 g/mol. The molecule has 2 bridgehead atoms. The first kappa shape index (κ1) is 13.2. The number of carbonyl (C=O) groups excluding carboxylic acids is 1. The van der Waals surface area contributed by atoms with Crippen molar-refractivity contribution in [2.75, 3.05) is 7.11 Å². The van der Waals surface area contributed by atoms with E-state index >= 15 is 0 Å². The SMILES string of the molecule is CO/C=C1/C[C@H]2CC[C@@H](C1)N2C(=O)OC(C)(C)C. The summed E-state index contributed by atoms with van der Waals surface area (Å²) in [5.74, 6) is 0. The molecule has 0 aromatic heterocycles. The first-order valence-electron chi connectivity index (χ1n) is 6.63. The van der Waals surface area contributed by atoms with Gasteiger partial charge in [-0.25, -0.2) is 4.79 Å². The van der Waals surface area contributed by atoms with Gasteiger partial charge < -0.3 is 14.4 Å². The maximum Gasteiger partial charge on any atom is 0.410 e. The molecule has 2 aliphatic heterocycles. The molecule has 2 heterocycles. The van der Waals surface area contributed by atoms with Gasteiger partial charge in [-0.05, 0) is 52.0 Å². The molecule has 2 aliphatic rings. The summed E-state index contributed by atoms with van der Waals surface area (Å²) in [5.41, 5.74) is 0.893. The first-order valence-corrected chi connectivity index (χ1v) is 6.63. The van der Waals surface area contributed by atoms with E-state index in [4.69, 9.17) is 9.47 Å². The average Bonchev–Trinajstić information content (AvgIpc) is 2.49. The third-order valence-electron chi connectivity index (χ3n) is 3.50. The molecule has 0 N–H and O–H groups in total. The van der Waals surface area contributed by atoms with Crippen molar-refractivity contribution < 1.29 is 14.3 Å². The molecule has 0 radical (unpaired) electrons. The van der Waals surface area contributed by atoms with Gasteiger partial charge in [0, 0.05) is 12.1 Å². The maximum atomic E-state index is 12.2. The molecule has 2 rings (SSSR count). The first-order chi connectivity index (χ1) is 8.40. The Kier molecular flexibility index (Phi) is 3.55. The Balaban J connectivity index is 2.05. The third-order valence-corrected chi connectivity index (χ3v) is 3.50. The summed E-state index contributed by atoms with van der Waals surface area (Å²) in [4.78, 5) is 14.1. The molecule has 0 spiro atoms. The lowest BCUT2D eigenvalue weighted by atomic mass is 9.98. The number of hydrogen-bond acceptors (Lipinski definition) is 3. The topological polar surface area (TPSA) is 38.8 Å². The molecule has 0 aromatic carbocycles. The van der Waals surface area contributed by atoms with E-state index in [1.165, 1.54) is 5.57 Å². The molecular formula is C14H23NO3. The molecular weight excluding hydrogens is 230 g/mol. The number of fused-ring (bicyclic) bond motifs is 2. The Morgan fingerprint density at radius 2 is 1.83 bits per heavy atom. The zero-order valence-corrected chi connectivity index (χ0v) is 11.7. The number of methoxy groups -OCH3 is 1. The second-order valence-electron chi connectivity index (χ2n) is 6.19. The number of ether oxygens (including phenoxy) is 2. The molecule has 2 atom stereocenters. The highest BCUT2D eigenvalue weighted by molar-refractivity contribution is 5.70. The molecule has 4 nitrogen and oxygen atoms in total. The molecule has 0 aromatic rings. The van der Waals surface area contributed by atoms with Gasteiger partial charge in [0.15, 0.2) is 0 Å². The van der Waals surface area contributed by atoms with E-state index in [0.29, 0.717) is 12.1 Å². The van der Waals surface area contributed by atoms with E-state index in [0.717, 1.165) is 25.7 Å². The van der Waals surface area contributed by atoms with Crippen molar-refractivity contribution in [3.8, 4) is 0 Å². The Morgan fingerprint density at radius 3 is 2.28 bits per heavy atom. The number of amides is 1. The number of nitrogens with zero attached hydrogens (tertiary/aromatic N) is 1. The van der Waals surface area contributed by atoms with Crippen molar-refractivity contribution in [3.05, 3.63) is 11.8 Å². The van der Waals surface area contributed by atoms with Gasteiger partial charge in [0.05, 0.1) is 13.4 Å². The minimum absolute atomic E-state index is 0.161. The second-order valence-corrected chi connectivity index (χ2v) is 6.19. The van der Waals surface area contributed by atoms with E-state index in [1.54, 1.807) is 7.11 Å². The molecule has 0 aliphatic carbocycles. The fourth-order valence-electron chi connectivity index (χ4n) is 2.93. The molecule has 2 saturated heterocycles. The van der Waals surface area contributed by atoms with E-state index in [2.05, 4.69) is 0 Å². The lowest BCUT2D eigenvalue weighted by molar-refractivity contribution is 0.0113. The maximum absolute atomic E-state index is 12.2. The number of carbonyl (C=O) groups is 1. The van der Waals surface area contributed by atoms with Gasteiger partial charge in [0.25, 0.3) is 0 Å². The summed E-state index contributed by atoms with van der Waals surface area (Å²) in [5, 5.41) is 0. The highest BCUT2D eigenvalue weighted by atomic mass is 16.6. The molecule has 0 unspecified atom stereocenters. The predicted molar refractivity (Wildman–Crippen MR) is 69.2 cm³/mol. The Morgan fingerprint density at radius 1 is 1.28 bits per heavy atom. The van der Waals surface area contributed by atoms with Crippen molar-refractivity contribution >= 4 is 6.09 Å². The van der Waals surface area contributed by atoms with Crippen LogP contribution in [0, 0.1) is 0 Å². The van der Waals surface area contributed by atoms with Crippen LogP contribution >= 0.6 is 0 Å². The Bertz CT molecular complexity index is 341. The van der Waals surface area contributed by atoms with Crippen LogP contribution in [0.25, 0.3) is 0 Å². The van der Waals surface area contributed by atoms with E-state index in [-0.39, 0.29) is 6.09 Å². The van der Waals surface area contributed by atoms with Gasteiger partial charge in [-0.3, -0.25) is 0 Å². The minimum atomic E-state index is -0.417. The lowest BCUT2D eigenvalue weighted by Crippen LogP contribution is -2.47. The van der Waals surface area contributed by atoms with Crippen LogP contribution in [0.4, 0.5) is 4.79 Å². The summed E-state index contributed by atoms with van der Waals surface area (Å²) in [7, 11) is 1.68. The highest BCUT2D eigenvalue weighted by Gasteiger charge is 2.43. The van der Waals surface area contributed by atoms with Crippen LogP contribution in [0.1, 0.15) is 46.5 Å². The fourth-order valence-corrected chi connectivity index (χ4v) is 2.93. The Labute approximate surface area is 109 Å². The second kappa shape index (κ2) is 4.82. The van der Waals surface area contributed by atoms with Crippen LogP contribution in [0.3, 0.4) is 0 Å². The van der Waals surface area contributed by atoms with E-state index < -0.39 is 5.60 Å². The van der Waals surface area contributed by atoms with Crippen LogP contribution in [0.5, 0.6) is 0 Å². The molecule has 1 amide bonds. The summed E-state index contributed by atoms with van der Waals surface area (Å²) in [6.07, 6.45) is 5.66. The smallest absolute Gasteiger partial charge is 0.410 e. The average molecular weight is 253 g/mol. The zero-order chi connectivity index (χ0) is 13.3. The largest absolute Gasteiger partial charge is 0.504 e. The highest BCUT2D eigenvalue weighted by Crippen LogP contribution is 2.39. The summed E-state index contributed by atoms with van der Waals surface area (Å²) >= 11 is 0. The van der Waals surface area contributed by atoms with Gasteiger partial charge in [0.1, 0.15) is 5.60 Å². The van der Waals surface area contributed by atoms with Gasteiger partial charge >= 0.3 is 6.09 Å². The molecule has 2 fully saturated rings. The predicted octanol–water partition coefficient (Wildman–Crippen LogP) is 3.08. The van der Waals surface area contributed by atoms with Crippen molar-refractivity contribution in [1.29, 1.82) is 0 Å². The van der Waals surface area contributed by atoms with Gasteiger partial charge in [-0.15, -0.1) is 0 Å². The fraction of sp³-hybridized carbons (Fsp3) is 0.786. The van der Waals surface area contributed by atoms with Crippen LogP contribution in [-0.2, 0) is 9.47 Å². The summed E-state index contributed by atoms with van der Waals surface area (Å²) in [6, 6.07) is 0.583. The number of rotatable bonds is 1. The molecule has 102 valence electrons. The van der Waals surface area contributed by atoms with E-state index in [1.807, 2.05) is 31.9 Å².